The summed E-state index contributed by atoms with van der Waals surface area (Å²) >= 11 is 6.07. The number of anilines is 3. The molecule has 1 saturated heterocycles. The number of pyridine rings is 1. The lowest BCUT2D eigenvalue weighted by Crippen LogP contribution is -2.45. The van der Waals surface area contributed by atoms with Crippen LogP contribution < -0.4 is 15.5 Å². The minimum Gasteiger partial charge on any atom is -0.390 e. The highest BCUT2D eigenvalue weighted by molar-refractivity contribution is 6.31. The molecule has 0 unspecified atom stereocenters. The number of nitrogens with zero attached hydrogens (tertiary/aromatic N) is 4. The molecule has 3 heterocycles. The Bertz CT molecular complexity index is 1020. The van der Waals surface area contributed by atoms with Gasteiger partial charge in [-0.1, -0.05) is 18.5 Å². The van der Waals surface area contributed by atoms with E-state index in [0.29, 0.717) is 41.3 Å². The highest BCUT2D eigenvalue weighted by Gasteiger charge is 2.68. The van der Waals surface area contributed by atoms with Crippen LogP contribution in [-0.2, 0) is 11.4 Å². The molecule has 1 amide bonds. The highest BCUT2D eigenvalue weighted by Crippen LogP contribution is 2.56. The first-order valence-corrected chi connectivity index (χ1v) is 10.4. The maximum absolute atomic E-state index is 14.5. The molecule has 3 atom stereocenters. The number of nitrogens with one attached hydrogen (secondary N) is 2. The van der Waals surface area contributed by atoms with E-state index in [9.17, 15) is 14.3 Å². The van der Waals surface area contributed by atoms with E-state index in [1.54, 1.807) is 6.07 Å². The van der Waals surface area contributed by atoms with Crippen LogP contribution in [0.15, 0.2) is 18.5 Å². The third-order valence-electron chi connectivity index (χ3n) is 6.49. The maximum Gasteiger partial charge on any atom is 0.229 e. The molecule has 3 fully saturated rings. The Morgan fingerprint density at radius 2 is 2.20 bits per heavy atom. The van der Waals surface area contributed by atoms with Crippen molar-refractivity contribution in [1.82, 2.24) is 20.3 Å². The lowest BCUT2D eigenvalue weighted by atomic mass is 10.2. The Labute approximate surface area is 177 Å². The van der Waals surface area contributed by atoms with Crippen LogP contribution in [0.4, 0.5) is 21.8 Å². The van der Waals surface area contributed by atoms with Gasteiger partial charge in [0.15, 0.2) is 11.6 Å². The van der Waals surface area contributed by atoms with Crippen molar-refractivity contribution < 1.29 is 14.3 Å². The first-order valence-electron chi connectivity index (χ1n) is 10.0. The molecule has 2 aromatic rings. The number of hydrogen-bond acceptors (Lipinski definition) is 7. The topological polar surface area (TPSA) is 103 Å². The zero-order valence-corrected chi connectivity index (χ0v) is 17.2. The summed E-state index contributed by atoms with van der Waals surface area (Å²) in [4.78, 5) is 26.6. The van der Waals surface area contributed by atoms with Crippen LogP contribution in [0.1, 0.15) is 25.5 Å². The second-order valence-corrected chi connectivity index (χ2v) is 8.79. The molecular formula is C20H22ClFN6O2. The molecule has 2 aromatic heterocycles. The van der Waals surface area contributed by atoms with Gasteiger partial charge in [-0.3, -0.25) is 9.78 Å². The number of carbonyl (C=O) groups is 1. The fraction of sp³-hybridized carbons (Fsp3) is 0.500. The maximum atomic E-state index is 14.5. The Morgan fingerprint density at radius 1 is 1.40 bits per heavy atom. The van der Waals surface area contributed by atoms with Crippen LogP contribution in [0.5, 0.6) is 0 Å². The van der Waals surface area contributed by atoms with Crippen molar-refractivity contribution in [1.29, 1.82) is 0 Å². The first-order chi connectivity index (χ1) is 14.4. The average Bonchev–Trinajstić information content (AvgIpc) is 3.61. The van der Waals surface area contributed by atoms with Gasteiger partial charge < -0.3 is 20.6 Å². The predicted molar refractivity (Wildman–Crippen MR) is 109 cm³/mol. The number of amides is 1. The molecule has 1 aliphatic heterocycles. The molecule has 3 N–H and O–H groups in total. The van der Waals surface area contributed by atoms with Gasteiger partial charge in [-0.25, -0.2) is 9.37 Å². The molecule has 0 spiro atoms. The minimum absolute atomic E-state index is 0.118. The number of fused-ring (bicyclic) bond motifs is 1. The van der Waals surface area contributed by atoms with E-state index in [2.05, 4.69) is 32.5 Å². The summed E-state index contributed by atoms with van der Waals surface area (Å²) < 4.78 is 14.5. The zero-order valence-electron chi connectivity index (χ0n) is 16.4. The second kappa shape index (κ2) is 7.02. The smallest absolute Gasteiger partial charge is 0.229 e. The third-order valence-corrected chi connectivity index (χ3v) is 6.82. The summed E-state index contributed by atoms with van der Waals surface area (Å²) in [5.74, 6) is 0.837. The van der Waals surface area contributed by atoms with E-state index in [1.165, 1.54) is 6.20 Å². The fourth-order valence-corrected chi connectivity index (χ4v) is 4.66. The number of rotatable bonds is 6. The van der Waals surface area contributed by atoms with Gasteiger partial charge in [0.25, 0.3) is 0 Å². The quantitative estimate of drug-likeness (QED) is 0.643. The molecule has 8 nitrogen and oxygen atoms in total. The van der Waals surface area contributed by atoms with Crippen molar-refractivity contribution in [3.05, 3.63) is 35.0 Å². The number of aliphatic hydroxyl groups is 1. The van der Waals surface area contributed by atoms with Gasteiger partial charge in [0, 0.05) is 24.9 Å². The van der Waals surface area contributed by atoms with Crippen LogP contribution >= 0.6 is 11.6 Å². The van der Waals surface area contributed by atoms with Crippen LogP contribution in [0.3, 0.4) is 0 Å². The summed E-state index contributed by atoms with van der Waals surface area (Å²) in [6.07, 6.45) is 4.54. The summed E-state index contributed by atoms with van der Waals surface area (Å²) in [5, 5.41) is 15.7. The van der Waals surface area contributed by atoms with Crippen LogP contribution in [0, 0.1) is 23.6 Å². The third kappa shape index (κ3) is 3.26. The van der Waals surface area contributed by atoms with Crippen molar-refractivity contribution in [2.45, 2.75) is 31.9 Å². The van der Waals surface area contributed by atoms with Crippen LogP contribution in [-0.4, -0.2) is 44.6 Å². The van der Waals surface area contributed by atoms with Gasteiger partial charge >= 0.3 is 0 Å². The van der Waals surface area contributed by atoms with E-state index >= 15 is 0 Å². The molecule has 0 radical (unpaired) electrons. The molecule has 3 aliphatic rings. The molecule has 5 rings (SSSR count). The van der Waals surface area contributed by atoms with Gasteiger partial charge in [-0.2, -0.15) is 4.98 Å². The predicted octanol–water partition coefficient (Wildman–Crippen LogP) is 2.25. The van der Waals surface area contributed by atoms with Crippen molar-refractivity contribution in [3.63, 3.8) is 0 Å². The van der Waals surface area contributed by atoms with E-state index in [-0.39, 0.29) is 35.7 Å². The lowest BCUT2D eigenvalue weighted by Gasteiger charge is -2.25. The van der Waals surface area contributed by atoms with Crippen LogP contribution in [0.2, 0.25) is 5.02 Å². The average molecular weight is 433 g/mol. The summed E-state index contributed by atoms with van der Waals surface area (Å²) in [7, 11) is 0. The van der Waals surface area contributed by atoms with E-state index in [0.717, 1.165) is 19.0 Å². The number of carbonyl (C=O) groups excluding carboxylic acids is 1. The molecule has 10 heteroatoms. The lowest BCUT2D eigenvalue weighted by molar-refractivity contribution is -0.123. The summed E-state index contributed by atoms with van der Waals surface area (Å²) in [5.41, 5.74) is 0.607. The monoisotopic (exact) mass is 432 g/mol. The van der Waals surface area contributed by atoms with Crippen molar-refractivity contribution in [3.8, 4) is 0 Å². The second-order valence-electron chi connectivity index (χ2n) is 8.38. The molecule has 30 heavy (non-hydrogen) atoms. The van der Waals surface area contributed by atoms with Gasteiger partial charge in [-0.05, 0) is 24.8 Å². The number of hydrogen-bond donors (Lipinski definition) is 3. The molecule has 2 saturated carbocycles. The number of halogens is 2. The Morgan fingerprint density at radius 3 is 2.90 bits per heavy atom. The summed E-state index contributed by atoms with van der Waals surface area (Å²) in [6.45, 7) is 3.04. The van der Waals surface area contributed by atoms with Gasteiger partial charge in [0.05, 0.1) is 40.9 Å². The van der Waals surface area contributed by atoms with Gasteiger partial charge in [-0.15, -0.1) is 0 Å². The number of aromatic nitrogens is 3. The highest BCUT2D eigenvalue weighted by atomic mass is 35.5. The summed E-state index contributed by atoms with van der Waals surface area (Å²) in [6, 6.07) is 1.60. The van der Waals surface area contributed by atoms with Crippen LogP contribution in [0.25, 0.3) is 0 Å². The standard InChI is InChI=1S/C20H22ClFN6O2/c1-10-13-7-28(9-20(10,13)27-18(30)11-2-3-11)17-15(22)6-24-19(26-17)25-12-4-14(21)16(8-29)23-5-12/h4-6,10-11,13,29H,2-3,7-9H2,1H3,(H,27,30)(H,24,25,26)/t10-,13+,20-/m0/s1. The fourth-order valence-electron chi connectivity index (χ4n) is 4.43. The number of piperidine rings is 1. The normalized spacial score (nSPS) is 27.0. The van der Waals surface area contributed by atoms with Crippen molar-refractivity contribution in [2.24, 2.45) is 17.8 Å². The van der Waals surface area contributed by atoms with Crippen molar-refractivity contribution in [2.75, 3.05) is 23.3 Å². The van der Waals surface area contributed by atoms with Gasteiger partial charge in [0.2, 0.25) is 11.9 Å². The largest absolute Gasteiger partial charge is 0.390 e. The first kappa shape index (κ1) is 19.4. The Hall–Kier alpha value is -2.52. The SMILES string of the molecule is C[C@H]1[C@H]2CN(c3nc(Nc4cnc(CO)c(Cl)c4)ncc3F)C[C@@]21NC(=O)C1CC1. The molecule has 2 aliphatic carbocycles. The number of aliphatic hydroxyl groups excluding tert-OH is 1. The molecular weight excluding hydrogens is 411 g/mol. The van der Waals surface area contributed by atoms with E-state index in [4.69, 9.17) is 11.6 Å². The Balaban J connectivity index is 1.33. The zero-order chi connectivity index (χ0) is 21.0. The molecule has 0 aromatic carbocycles. The molecule has 0 bridgehead atoms. The minimum atomic E-state index is -0.509. The van der Waals surface area contributed by atoms with E-state index in [1.807, 2.05) is 4.90 Å². The molecule has 158 valence electrons. The van der Waals surface area contributed by atoms with Gasteiger partial charge in [0.1, 0.15) is 0 Å². The Kier molecular flexibility index (Phi) is 4.55. The van der Waals surface area contributed by atoms with Crippen molar-refractivity contribution >= 4 is 35.0 Å². The van der Waals surface area contributed by atoms with E-state index < -0.39 is 5.82 Å².